The molecule has 0 saturated heterocycles. The maximum absolute atomic E-state index is 11.1. The summed E-state index contributed by atoms with van der Waals surface area (Å²) in [5.41, 5.74) is 1.00. The van der Waals surface area contributed by atoms with Crippen LogP contribution in [0, 0.1) is 0 Å². The number of ether oxygens (including phenoxy) is 2. The average molecular weight is 332 g/mol. The summed E-state index contributed by atoms with van der Waals surface area (Å²) >= 11 is 12.3. The third-order valence-corrected chi connectivity index (χ3v) is 4.13. The van der Waals surface area contributed by atoms with Crippen LogP contribution in [0.4, 0.5) is 0 Å². The van der Waals surface area contributed by atoms with Crippen LogP contribution in [0.25, 0.3) is 0 Å². The van der Waals surface area contributed by atoms with Gasteiger partial charge in [-0.05, 0) is 30.5 Å². The number of methoxy groups -OCH3 is 1. The summed E-state index contributed by atoms with van der Waals surface area (Å²) in [6, 6.07) is 4.20. The summed E-state index contributed by atoms with van der Waals surface area (Å²) in [5.74, 6) is -0.164. The van der Waals surface area contributed by atoms with Gasteiger partial charge in [-0.1, -0.05) is 36.0 Å². The van der Waals surface area contributed by atoms with Crippen molar-refractivity contribution in [1.82, 2.24) is 5.32 Å². The zero-order chi connectivity index (χ0) is 15.2. The van der Waals surface area contributed by atoms with E-state index >= 15 is 0 Å². The van der Waals surface area contributed by atoms with E-state index in [1.165, 1.54) is 32.8 Å². The molecule has 1 N–H and O–H groups in total. The summed E-state index contributed by atoms with van der Waals surface area (Å²) in [6.45, 7) is 0.511. The molecule has 1 aliphatic rings. The van der Waals surface area contributed by atoms with Crippen molar-refractivity contribution < 1.29 is 14.3 Å². The molecule has 116 valence electrons. The van der Waals surface area contributed by atoms with Crippen LogP contribution in [0.2, 0.25) is 10.0 Å². The number of carbonyl (C=O) groups excluding carboxylic acids is 1. The number of rotatable bonds is 6. The largest absolute Gasteiger partial charge is 0.479 e. The van der Waals surface area contributed by atoms with Gasteiger partial charge in [-0.3, -0.25) is 0 Å². The van der Waals surface area contributed by atoms with Crippen molar-refractivity contribution in [2.24, 2.45) is 0 Å². The highest BCUT2D eigenvalue weighted by atomic mass is 35.5. The molecule has 21 heavy (non-hydrogen) atoms. The van der Waals surface area contributed by atoms with Gasteiger partial charge in [-0.25, -0.2) is 4.79 Å². The Morgan fingerprint density at radius 2 is 1.90 bits per heavy atom. The van der Waals surface area contributed by atoms with E-state index in [1.54, 1.807) is 0 Å². The topological polar surface area (TPSA) is 47.6 Å². The number of halogens is 2. The van der Waals surface area contributed by atoms with Crippen molar-refractivity contribution >= 4 is 29.2 Å². The van der Waals surface area contributed by atoms with Crippen LogP contribution in [0.5, 0.6) is 5.75 Å². The molecule has 0 radical (unpaired) electrons. The molecule has 1 fully saturated rings. The van der Waals surface area contributed by atoms with Crippen LogP contribution < -0.4 is 10.1 Å². The van der Waals surface area contributed by atoms with Crippen LogP contribution in [-0.2, 0) is 16.1 Å². The van der Waals surface area contributed by atoms with E-state index in [2.05, 4.69) is 10.1 Å². The molecule has 0 aromatic heterocycles. The van der Waals surface area contributed by atoms with Crippen molar-refractivity contribution in [3.8, 4) is 5.75 Å². The molecule has 0 unspecified atom stereocenters. The molecule has 1 aromatic rings. The predicted molar refractivity (Wildman–Crippen MR) is 83.1 cm³/mol. The van der Waals surface area contributed by atoms with Gasteiger partial charge in [0.25, 0.3) is 0 Å². The molecule has 0 heterocycles. The van der Waals surface area contributed by atoms with Gasteiger partial charge in [0.15, 0.2) is 12.4 Å². The molecule has 2 rings (SSSR count). The molecule has 1 aromatic carbocycles. The van der Waals surface area contributed by atoms with Crippen molar-refractivity contribution in [3.05, 3.63) is 27.7 Å². The third kappa shape index (κ3) is 4.77. The molecule has 6 heteroatoms. The number of esters is 1. The first-order chi connectivity index (χ1) is 10.1. The molecule has 4 nitrogen and oxygen atoms in total. The zero-order valence-electron chi connectivity index (χ0n) is 12.0. The lowest BCUT2D eigenvalue weighted by molar-refractivity contribution is -0.142. The van der Waals surface area contributed by atoms with E-state index < -0.39 is 5.97 Å². The zero-order valence-corrected chi connectivity index (χ0v) is 13.5. The summed E-state index contributed by atoms with van der Waals surface area (Å²) < 4.78 is 9.81. The number of hydrogen-bond acceptors (Lipinski definition) is 4. The maximum Gasteiger partial charge on any atom is 0.343 e. The fourth-order valence-corrected chi connectivity index (χ4v) is 3.08. The monoisotopic (exact) mass is 331 g/mol. The molecule has 0 amide bonds. The van der Waals surface area contributed by atoms with Gasteiger partial charge >= 0.3 is 5.97 Å². The number of benzene rings is 1. The average Bonchev–Trinajstić information content (AvgIpc) is 2.97. The van der Waals surface area contributed by atoms with Gasteiger partial charge in [-0.2, -0.15) is 0 Å². The standard InChI is InChI=1S/C15H19Cl2NO3/c1-20-14(19)9-21-15-12(16)6-10(7-13(15)17)8-18-11-4-2-3-5-11/h6-7,11,18H,2-5,8-9H2,1H3. The Morgan fingerprint density at radius 1 is 1.29 bits per heavy atom. The van der Waals surface area contributed by atoms with Crippen LogP contribution >= 0.6 is 23.2 Å². The second kappa shape index (κ2) is 7.87. The second-order valence-corrected chi connectivity index (χ2v) is 5.93. The normalized spacial score (nSPS) is 15.2. The first-order valence-electron chi connectivity index (χ1n) is 7.01. The summed E-state index contributed by atoms with van der Waals surface area (Å²) in [7, 11) is 1.30. The number of nitrogens with one attached hydrogen (secondary N) is 1. The third-order valence-electron chi connectivity index (χ3n) is 3.57. The smallest absolute Gasteiger partial charge is 0.343 e. The second-order valence-electron chi connectivity index (χ2n) is 5.12. The highest BCUT2D eigenvalue weighted by Gasteiger charge is 2.15. The Labute approximate surface area is 134 Å². The molecule has 1 aliphatic carbocycles. The molecule has 0 atom stereocenters. The van der Waals surface area contributed by atoms with Crippen molar-refractivity contribution in [3.63, 3.8) is 0 Å². The van der Waals surface area contributed by atoms with Gasteiger partial charge in [0, 0.05) is 12.6 Å². The van der Waals surface area contributed by atoms with Gasteiger partial charge in [-0.15, -0.1) is 0 Å². The van der Waals surface area contributed by atoms with E-state index in [9.17, 15) is 4.79 Å². The quantitative estimate of drug-likeness (QED) is 0.809. The molecule has 0 spiro atoms. The fourth-order valence-electron chi connectivity index (χ4n) is 2.43. The van der Waals surface area contributed by atoms with Crippen LogP contribution in [0.15, 0.2) is 12.1 Å². The number of carbonyl (C=O) groups is 1. The Morgan fingerprint density at radius 3 is 2.48 bits per heavy atom. The maximum atomic E-state index is 11.1. The van der Waals surface area contributed by atoms with E-state index in [1.807, 2.05) is 12.1 Å². The minimum Gasteiger partial charge on any atom is -0.479 e. The molecule has 0 aliphatic heterocycles. The first-order valence-corrected chi connectivity index (χ1v) is 7.76. The lowest BCUT2D eigenvalue weighted by atomic mass is 10.2. The number of hydrogen-bond donors (Lipinski definition) is 1. The van der Waals surface area contributed by atoms with Gasteiger partial charge < -0.3 is 14.8 Å². The van der Waals surface area contributed by atoms with E-state index in [-0.39, 0.29) is 6.61 Å². The van der Waals surface area contributed by atoms with Crippen molar-refractivity contribution in [2.75, 3.05) is 13.7 Å². The Balaban J connectivity index is 1.96. The van der Waals surface area contributed by atoms with E-state index in [0.717, 1.165) is 12.1 Å². The fraction of sp³-hybridized carbons (Fsp3) is 0.533. The molecule has 0 bridgehead atoms. The van der Waals surface area contributed by atoms with Crippen LogP contribution in [0.1, 0.15) is 31.2 Å². The van der Waals surface area contributed by atoms with Crippen LogP contribution in [0.3, 0.4) is 0 Å². The van der Waals surface area contributed by atoms with E-state index in [0.29, 0.717) is 21.8 Å². The Bertz CT molecular complexity index is 479. The first kappa shape index (κ1) is 16.4. The summed E-state index contributed by atoms with van der Waals surface area (Å²) in [5, 5.41) is 4.29. The minimum absolute atomic E-state index is 0.213. The predicted octanol–water partition coefficient (Wildman–Crippen LogP) is 3.58. The van der Waals surface area contributed by atoms with Crippen LogP contribution in [-0.4, -0.2) is 25.7 Å². The SMILES string of the molecule is COC(=O)COc1c(Cl)cc(CNC2CCCC2)cc1Cl. The Kier molecular flexibility index (Phi) is 6.15. The van der Waals surface area contributed by atoms with Gasteiger partial charge in [0.05, 0.1) is 17.2 Å². The highest BCUT2D eigenvalue weighted by molar-refractivity contribution is 6.37. The van der Waals surface area contributed by atoms with Gasteiger partial charge in [0.1, 0.15) is 0 Å². The van der Waals surface area contributed by atoms with Crippen molar-refractivity contribution in [1.29, 1.82) is 0 Å². The minimum atomic E-state index is -0.478. The van der Waals surface area contributed by atoms with E-state index in [4.69, 9.17) is 27.9 Å². The lowest BCUT2D eigenvalue weighted by Crippen LogP contribution is -2.25. The highest BCUT2D eigenvalue weighted by Crippen LogP contribution is 2.34. The summed E-state index contributed by atoms with van der Waals surface area (Å²) in [4.78, 5) is 11.1. The molecular formula is C15H19Cl2NO3. The molecular weight excluding hydrogens is 313 g/mol. The lowest BCUT2D eigenvalue weighted by Gasteiger charge is -2.14. The summed E-state index contributed by atoms with van der Waals surface area (Å²) in [6.07, 6.45) is 5.03. The van der Waals surface area contributed by atoms with Gasteiger partial charge in [0.2, 0.25) is 0 Å². The Hall–Kier alpha value is -0.970. The van der Waals surface area contributed by atoms with Crippen molar-refractivity contribution in [2.45, 2.75) is 38.3 Å². The molecule has 1 saturated carbocycles.